The molecule has 1 saturated heterocycles. The summed E-state index contributed by atoms with van der Waals surface area (Å²) in [4.78, 5) is 39.9. The second-order valence-electron chi connectivity index (χ2n) is 7.03. The molecule has 0 atom stereocenters. The lowest BCUT2D eigenvalue weighted by Crippen LogP contribution is -2.37. The Kier molecular flexibility index (Phi) is 3.58. The maximum atomic E-state index is 13.9. The quantitative estimate of drug-likeness (QED) is 0.439. The van der Waals surface area contributed by atoms with Crippen LogP contribution in [-0.4, -0.2) is 49.1 Å². The lowest BCUT2D eigenvalue weighted by molar-refractivity contribution is 0.131. The number of aromatic nitrogens is 4. The number of amides is 1. The van der Waals surface area contributed by atoms with E-state index in [-0.39, 0.29) is 11.5 Å². The number of imidazole rings is 1. The Hall–Kier alpha value is -3.49. The third kappa shape index (κ3) is 2.43. The van der Waals surface area contributed by atoms with Gasteiger partial charge in [-0.3, -0.25) is 4.79 Å². The van der Waals surface area contributed by atoms with Gasteiger partial charge in [-0.15, -0.1) is 0 Å². The Labute approximate surface area is 157 Å². The van der Waals surface area contributed by atoms with E-state index >= 15 is 0 Å². The van der Waals surface area contributed by atoms with Gasteiger partial charge in [0.2, 0.25) is 0 Å². The van der Waals surface area contributed by atoms with Gasteiger partial charge in [0, 0.05) is 29.8 Å². The first-order chi connectivity index (χ1) is 13.5. The van der Waals surface area contributed by atoms with Crippen molar-refractivity contribution in [1.82, 2.24) is 24.8 Å². The van der Waals surface area contributed by atoms with E-state index in [1.807, 2.05) is 0 Å². The zero-order chi connectivity index (χ0) is 19.4. The van der Waals surface area contributed by atoms with Crippen LogP contribution in [0.25, 0.3) is 32.7 Å². The van der Waals surface area contributed by atoms with Gasteiger partial charge in [0.25, 0.3) is 5.56 Å². The highest BCUT2D eigenvalue weighted by atomic mass is 19.1. The zero-order valence-electron chi connectivity index (χ0n) is 14.7. The van der Waals surface area contributed by atoms with E-state index < -0.39 is 11.9 Å². The molecule has 28 heavy (non-hydrogen) atoms. The van der Waals surface area contributed by atoms with Crippen molar-refractivity contribution < 1.29 is 14.3 Å². The van der Waals surface area contributed by atoms with Crippen molar-refractivity contribution in [1.29, 1.82) is 0 Å². The van der Waals surface area contributed by atoms with Crippen LogP contribution in [0.1, 0.15) is 24.6 Å². The van der Waals surface area contributed by atoms with Crippen molar-refractivity contribution in [2.24, 2.45) is 0 Å². The van der Waals surface area contributed by atoms with Crippen LogP contribution < -0.4 is 5.56 Å². The largest absolute Gasteiger partial charge is 0.465 e. The number of benzene rings is 2. The fraction of sp³-hybridized carbons (Fsp3) is 0.263. The topological polar surface area (TPSA) is 115 Å². The van der Waals surface area contributed by atoms with Crippen LogP contribution >= 0.6 is 0 Å². The molecule has 0 unspecified atom stereocenters. The molecule has 4 aromatic rings. The molecule has 0 bridgehead atoms. The molecule has 0 spiro atoms. The van der Waals surface area contributed by atoms with Crippen molar-refractivity contribution >= 4 is 38.8 Å². The smallest absolute Gasteiger partial charge is 0.407 e. The molecule has 3 N–H and O–H groups in total. The number of carbonyl (C=O) groups is 1. The van der Waals surface area contributed by atoms with E-state index in [1.54, 1.807) is 6.07 Å². The van der Waals surface area contributed by atoms with Gasteiger partial charge in [-0.2, -0.15) is 0 Å². The van der Waals surface area contributed by atoms with Crippen molar-refractivity contribution in [2.75, 3.05) is 13.1 Å². The molecular formula is C19H16FN5O3. The number of halogens is 1. The summed E-state index contributed by atoms with van der Waals surface area (Å²) in [6.45, 7) is 0.892. The molecule has 142 valence electrons. The number of hydrogen-bond acceptors (Lipinski definition) is 4. The average Bonchev–Trinajstić information content (AvgIpc) is 3.13. The maximum absolute atomic E-state index is 13.9. The number of H-pyrrole nitrogens is 2. The first-order valence-corrected chi connectivity index (χ1v) is 8.99. The summed E-state index contributed by atoms with van der Waals surface area (Å²) in [5.74, 6) is 0.379. The van der Waals surface area contributed by atoms with Crippen LogP contribution in [0.4, 0.5) is 9.18 Å². The highest BCUT2D eigenvalue weighted by molar-refractivity contribution is 6.21. The molecule has 2 aromatic heterocycles. The predicted molar refractivity (Wildman–Crippen MR) is 101 cm³/mol. The summed E-state index contributed by atoms with van der Waals surface area (Å²) in [5, 5.41) is 10.6. The molecule has 0 saturated carbocycles. The van der Waals surface area contributed by atoms with Crippen molar-refractivity contribution in [3.63, 3.8) is 0 Å². The summed E-state index contributed by atoms with van der Waals surface area (Å²) < 4.78 is 13.9. The van der Waals surface area contributed by atoms with Gasteiger partial charge in [-0.05, 0) is 31.0 Å². The number of nitrogens with one attached hydrogen (secondary N) is 2. The number of nitrogens with zero attached hydrogens (tertiary/aromatic N) is 3. The SMILES string of the molecule is O=C(O)N1CCC(c2nc3c4ccc(F)cc4c4c(=O)[nH]cnc4c3[nH]2)CC1. The Bertz CT molecular complexity index is 1300. The van der Waals surface area contributed by atoms with Crippen LogP contribution in [0, 0.1) is 5.82 Å². The summed E-state index contributed by atoms with van der Waals surface area (Å²) in [7, 11) is 0. The zero-order valence-corrected chi connectivity index (χ0v) is 14.7. The summed E-state index contributed by atoms with van der Waals surface area (Å²) in [6, 6.07) is 4.29. The van der Waals surface area contributed by atoms with Gasteiger partial charge in [0.1, 0.15) is 17.2 Å². The fourth-order valence-corrected chi connectivity index (χ4v) is 4.06. The first-order valence-electron chi connectivity index (χ1n) is 8.99. The number of fused-ring (bicyclic) bond motifs is 6. The van der Waals surface area contributed by atoms with Gasteiger partial charge in [-0.25, -0.2) is 19.2 Å². The number of aromatic amines is 2. The first kappa shape index (κ1) is 16.7. The van der Waals surface area contributed by atoms with Gasteiger partial charge in [0.15, 0.2) is 0 Å². The molecule has 0 aliphatic carbocycles. The number of likely N-dealkylation sites (tertiary alicyclic amines) is 1. The van der Waals surface area contributed by atoms with E-state index in [0.29, 0.717) is 58.6 Å². The van der Waals surface area contributed by atoms with Crippen LogP contribution in [-0.2, 0) is 0 Å². The lowest BCUT2D eigenvalue weighted by atomic mass is 9.96. The second-order valence-corrected chi connectivity index (χ2v) is 7.03. The number of hydrogen-bond donors (Lipinski definition) is 3. The standard InChI is InChI=1S/C19H16FN5O3/c20-10-1-2-11-12(7-10)13-15(21-8-22-18(13)26)16-14(11)23-17(24-16)9-3-5-25(6-4-9)19(27)28/h1-2,7-9H,3-6H2,(H,23,24)(H,27,28)(H,21,22,26). The molecule has 5 rings (SSSR count). The van der Waals surface area contributed by atoms with E-state index in [2.05, 4.69) is 15.0 Å². The Balaban J connectivity index is 1.73. The normalized spacial score (nSPS) is 15.7. The van der Waals surface area contributed by atoms with Gasteiger partial charge >= 0.3 is 6.09 Å². The molecule has 1 aliphatic rings. The third-order valence-corrected chi connectivity index (χ3v) is 5.47. The van der Waals surface area contributed by atoms with Crippen LogP contribution in [0.15, 0.2) is 29.3 Å². The van der Waals surface area contributed by atoms with Gasteiger partial charge in [0.05, 0.1) is 22.7 Å². The maximum Gasteiger partial charge on any atom is 0.407 e. The van der Waals surface area contributed by atoms with Crippen molar-refractivity contribution in [3.05, 3.63) is 46.5 Å². The summed E-state index contributed by atoms with van der Waals surface area (Å²) in [5.41, 5.74) is 1.37. The molecule has 1 amide bonds. The summed E-state index contributed by atoms with van der Waals surface area (Å²) >= 11 is 0. The monoisotopic (exact) mass is 381 g/mol. The molecule has 2 aromatic carbocycles. The van der Waals surface area contributed by atoms with Crippen LogP contribution in [0.3, 0.4) is 0 Å². The van der Waals surface area contributed by atoms with E-state index in [9.17, 15) is 14.0 Å². The third-order valence-electron chi connectivity index (χ3n) is 5.47. The predicted octanol–water partition coefficient (Wildman–Crippen LogP) is 2.95. The Morgan fingerprint density at radius 2 is 2.00 bits per heavy atom. The van der Waals surface area contributed by atoms with E-state index in [0.717, 1.165) is 5.82 Å². The number of rotatable bonds is 1. The molecule has 1 fully saturated rings. The molecule has 3 heterocycles. The Morgan fingerprint density at radius 3 is 2.75 bits per heavy atom. The van der Waals surface area contributed by atoms with Crippen LogP contribution in [0.2, 0.25) is 0 Å². The lowest BCUT2D eigenvalue weighted by Gasteiger charge is -2.28. The number of carboxylic acid groups (broad SMARTS) is 1. The van der Waals surface area contributed by atoms with Gasteiger partial charge in [-0.1, -0.05) is 0 Å². The highest BCUT2D eigenvalue weighted by Crippen LogP contribution is 2.34. The van der Waals surface area contributed by atoms with Gasteiger partial charge < -0.3 is 20.0 Å². The molecule has 9 heteroatoms. The minimum Gasteiger partial charge on any atom is -0.465 e. The van der Waals surface area contributed by atoms with E-state index in [4.69, 9.17) is 10.1 Å². The van der Waals surface area contributed by atoms with E-state index in [1.165, 1.54) is 23.4 Å². The minimum atomic E-state index is -0.912. The summed E-state index contributed by atoms with van der Waals surface area (Å²) in [6.07, 6.45) is 1.72. The Morgan fingerprint density at radius 1 is 1.21 bits per heavy atom. The fourth-order valence-electron chi connectivity index (χ4n) is 4.06. The van der Waals surface area contributed by atoms with Crippen molar-refractivity contribution in [2.45, 2.75) is 18.8 Å². The molecule has 8 nitrogen and oxygen atoms in total. The molecule has 1 aliphatic heterocycles. The van der Waals surface area contributed by atoms with Crippen molar-refractivity contribution in [3.8, 4) is 0 Å². The van der Waals surface area contributed by atoms with Crippen LogP contribution in [0.5, 0.6) is 0 Å². The average molecular weight is 381 g/mol. The number of piperidine rings is 1. The second kappa shape index (κ2) is 6.01. The minimum absolute atomic E-state index is 0.0792. The molecular weight excluding hydrogens is 365 g/mol. The highest BCUT2D eigenvalue weighted by Gasteiger charge is 2.26. The molecule has 0 radical (unpaired) electrons.